The number of anilines is 1. The van der Waals surface area contributed by atoms with Gasteiger partial charge in [-0.15, -0.1) is 11.3 Å². The van der Waals surface area contributed by atoms with Gasteiger partial charge in [0, 0.05) is 0 Å². The Kier molecular flexibility index (Phi) is 4.98. The molecule has 100 valence electrons. The molecule has 1 amide bonds. The van der Waals surface area contributed by atoms with Gasteiger partial charge in [0.1, 0.15) is 5.75 Å². The van der Waals surface area contributed by atoms with Crippen LogP contribution in [-0.4, -0.2) is 12.5 Å². The SMILES string of the molecule is CCCCOc1ccccc1NC(=O)c1cccs1. The molecule has 1 aromatic carbocycles. The Balaban J connectivity index is 2.05. The van der Waals surface area contributed by atoms with Crippen molar-refractivity contribution >= 4 is 22.9 Å². The van der Waals surface area contributed by atoms with Crippen LogP contribution >= 0.6 is 11.3 Å². The molecule has 0 spiro atoms. The summed E-state index contributed by atoms with van der Waals surface area (Å²) in [7, 11) is 0. The summed E-state index contributed by atoms with van der Waals surface area (Å²) in [5.41, 5.74) is 0.719. The van der Waals surface area contributed by atoms with Crippen molar-refractivity contribution in [3.8, 4) is 5.75 Å². The highest BCUT2D eigenvalue weighted by atomic mass is 32.1. The zero-order valence-corrected chi connectivity index (χ0v) is 11.7. The van der Waals surface area contributed by atoms with Gasteiger partial charge >= 0.3 is 0 Å². The van der Waals surface area contributed by atoms with E-state index in [1.165, 1.54) is 11.3 Å². The molecular formula is C15H17NO2S. The van der Waals surface area contributed by atoms with Crippen molar-refractivity contribution in [3.05, 3.63) is 46.7 Å². The third-order valence-electron chi connectivity index (χ3n) is 2.64. The van der Waals surface area contributed by atoms with Crippen LogP contribution in [0.1, 0.15) is 29.4 Å². The summed E-state index contributed by atoms with van der Waals surface area (Å²) in [6.45, 7) is 2.79. The smallest absolute Gasteiger partial charge is 0.265 e. The van der Waals surface area contributed by atoms with E-state index >= 15 is 0 Å². The molecule has 0 radical (unpaired) electrons. The van der Waals surface area contributed by atoms with Gasteiger partial charge in [-0.25, -0.2) is 0 Å². The minimum atomic E-state index is -0.0958. The maximum atomic E-state index is 12.0. The Labute approximate surface area is 117 Å². The van der Waals surface area contributed by atoms with Crippen LogP contribution in [0.15, 0.2) is 41.8 Å². The Hall–Kier alpha value is -1.81. The lowest BCUT2D eigenvalue weighted by atomic mass is 10.3. The number of para-hydroxylation sites is 2. The van der Waals surface area contributed by atoms with Crippen LogP contribution in [0.5, 0.6) is 5.75 Å². The first kappa shape index (κ1) is 13.6. The summed E-state index contributed by atoms with van der Waals surface area (Å²) < 4.78 is 5.68. The highest BCUT2D eigenvalue weighted by molar-refractivity contribution is 7.12. The average Bonchev–Trinajstić information content (AvgIpc) is 2.95. The van der Waals surface area contributed by atoms with E-state index in [1.807, 2.05) is 35.7 Å². The maximum absolute atomic E-state index is 12.0. The van der Waals surface area contributed by atoms with Crippen molar-refractivity contribution in [1.29, 1.82) is 0 Å². The first-order chi connectivity index (χ1) is 9.31. The molecule has 0 atom stereocenters. The lowest BCUT2D eigenvalue weighted by molar-refractivity contribution is 0.103. The van der Waals surface area contributed by atoms with Crippen molar-refractivity contribution in [2.24, 2.45) is 0 Å². The number of thiophene rings is 1. The number of carbonyl (C=O) groups excluding carboxylic acids is 1. The summed E-state index contributed by atoms with van der Waals surface area (Å²) >= 11 is 1.42. The molecule has 0 aliphatic heterocycles. The van der Waals surface area contributed by atoms with E-state index in [9.17, 15) is 4.79 Å². The molecule has 0 saturated carbocycles. The van der Waals surface area contributed by atoms with Gasteiger partial charge in [0.05, 0.1) is 17.2 Å². The zero-order valence-electron chi connectivity index (χ0n) is 10.9. The van der Waals surface area contributed by atoms with Gasteiger partial charge in [0.2, 0.25) is 0 Å². The van der Waals surface area contributed by atoms with Gasteiger partial charge in [-0.05, 0) is 30.0 Å². The van der Waals surface area contributed by atoms with E-state index in [2.05, 4.69) is 12.2 Å². The summed E-state index contributed by atoms with van der Waals surface area (Å²) in [5.74, 6) is 0.627. The predicted octanol–water partition coefficient (Wildman–Crippen LogP) is 4.18. The van der Waals surface area contributed by atoms with Crippen molar-refractivity contribution < 1.29 is 9.53 Å². The van der Waals surface area contributed by atoms with Crippen LogP contribution in [0, 0.1) is 0 Å². The monoisotopic (exact) mass is 275 g/mol. The number of unbranched alkanes of at least 4 members (excludes halogenated alkanes) is 1. The summed E-state index contributed by atoms with van der Waals surface area (Å²) in [6, 6.07) is 11.2. The molecule has 4 heteroatoms. The molecule has 0 unspecified atom stereocenters. The summed E-state index contributed by atoms with van der Waals surface area (Å²) in [6.07, 6.45) is 2.09. The standard InChI is InChI=1S/C15H17NO2S/c1-2-3-10-18-13-8-5-4-7-12(13)16-15(17)14-9-6-11-19-14/h4-9,11H,2-3,10H2,1H3,(H,16,17). The Morgan fingerprint density at radius 1 is 1.26 bits per heavy atom. The lowest BCUT2D eigenvalue weighted by Gasteiger charge is -2.11. The first-order valence-electron chi connectivity index (χ1n) is 6.38. The van der Waals surface area contributed by atoms with E-state index in [0.717, 1.165) is 24.3 Å². The number of rotatable bonds is 6. The Morgan fingerprint density at radius 3 is 2.84 bits per heavy atom. The van der Waals surface area contributed by atoms with Gasteiger partial charge in [0.15, 0.2) is 0 Å². The van der Waals surface area contributed by atoms with Crippen molar-refractivity contribution in [2.45, 2.75) is 19.8 Å². The second kappa shape index (κ2) is 6.95. The topological polar surface area (TPSA) is 38.3 Å². The van der Waals surface area contributed by atoms with Crippen LogP contribution < -0.4 is 10.1 Å². The minimum absolute atomic E-state index is 0.0958. The lowest BCUT2D eigenvalue weighted by Crippen LogP contribution is -2.11. The van der Waals surface area contributed by atoms with Crippen LogP contribution in [0.3, 0.4) is 0 Å². The van der Waals surface area contributed by atoms with Gasteiger partial charge in [-0.2, -0.15) is 0 Å². The largest absolute Gasteiger partial charge is 0.491 e. The molecular weight excluding hydrogens is 258 g/mol. The third-order valence-corrected chi connectivity index (χ3v) is 3.50. The van der Waals surface area contributed by atoms with Gasteiger partial charge < -0.3 is 10.1 Å². The molecule has 2 aromatic rings. The average molecular weight is 275 g/mol. The van der Waals surface area contributed by atoms with E-state index in [-0.39, 0.29) is 5.91 Å². The van der Waals surface area contributed by atoms with Crippen LogP contribution in [0.2, 0.25) is 0 Å². The summed E-state index contributed by atoms with van der Waals surface area (Å²) in [4.78, 5) is 12.7. The third kappa shape index (κ3) is 3.83. The fraction of sp³-hybridized carbons (Fsp3) is 0.267. The number of hydrogen-bond acceptors (Lipinski definition) is 3. The van der Waals surface area contributed by atoms with Gasteiger partial charge in [-0.1, -0.05) is 31.5 Å². The number of benzene rings is 1. The van der Waals surface area contributed by atoms with Crippen LogP contribution in [0.4, 0.5) is 5.69 Å². The predicted molar refractivity (Wildman–Crippen MR) is 79.1 cm³/mol. The molecule has 0 bridgehead atoms. The fourth-order valence-electron chi connectivity index (χ4n) is 1.61. The van der Waals surface area contributed by atoms with Crippen molar-refractivity contribution in [3.63, 3.8) is 0 Å². The second-order valence-electron chi connectivity index (χ2n) is 4.13. The first-order valence-corrected chi connectivity index (χ1v) is 7.26. The highest BCUT2D eigenvalue weighted by Crippen LogP contribution is 2.25. The molecule has 3 nitrogen and oxygen atoms in total. The van der Waals surface area contributed by atoms with E-state index in [0.29, 0.717) is 11.5 Å². The van der Waals surface area contributed by atoms with Crippen LogP contribution in [-0.2, 0) is 0 Å². The van der Waals surface area contributed by atoms with Gasteiger partial charge in [0.25, 0.3) is 5.91 Å². The molecule has 2 rings (SSSR count). The molecule has 1 heterocycles. The number of nitrogens with one attached hydrogen (secondary N) is 1. The Bertz CT molecular complexity index is 523. The molecule has 0 saturated heterocycles. The normalized spacial score (nSPS) is 10.2. The van der Waals surface area contributed by atoms with E-state index < -0.39 is 0 Å². The molecule has 0 aliphatic carbocycles. The van der Waals surface area contributed by atoms with E-state index in [1.54, 1.807) is 6.07 Å². The van der Waals surface area contributed by atoms with Crippen molar-refractivity contribution in [2.75, 3.05) is 11.9 Å². The molecule has 0 aliphatic rings. The van der Waals surface area contributed by atoms with E-state index in [4.69, 9.17) is 4.74 Å². The highest BCUT2D eigenvalue weighted by Gasteiger charge is 2.10. The number of amides is 1. The molecule has 1 aromatic heterocycles. The minimum Gasteiger partial charge on any atom is -0.491 e. The van der Waals surface area contributed by atoms with Crippen molar-refractivity contribution in [1.82, 2.24) is 0 Å². The quantitative estimate of drug-likeness (QED) is 0.803. The number of carbonyl (C=O) groups is 1. The molecule has 19 heavy (non-hydrogen) atoms. The molecule has 0 fully saturated rings. The zero-order chi connectivity index (χ0) is 13.5. The fourth-order valence-corrected chi connectivity index (χ4v) is 2.23. The second-order valence-corrected chi connectivity index (χ2v) is 5.08. The number of ether oxygens (including phenoxy) is 1. The van der Waals surface area contributed by atoms with Gasteiger partial charge in [-0.3, -0.25) is 4.79 Å². The summed E-state index contributed by atoms with van der Waals surface area (Å²) in [5, 5.41) is 4.77. The maximum Gasteiger partial charge on any atom is 0.265 e. The van der Waals surface area contributed by atoms with Crippen LogP contribution in [0.25, 0.3) is 0 Å². The Morgan fingerprint density at radius 2 is 2.11 bits per heavy atom. The number of hydrogen-bond donors (Lipinski definition) is 1. The molecule has 1 N–H and O–H groups in total.